The number of nitrogens with one attached hydrogen (secondary N) is 3. The van der Waals surface area contributed by atoms with E-state index in [4.69, 9.17) is 0 Å². The molecular formula is C13H20N4O2S. The van der Waals surface area contributed by atoms with Crippen LogP contribution in [-0.4, -0.2) is 36.7 Å². The number of benzene rings is 1. The molecule has 3 N–H and O–H groups in total. The van der Waals surface area contributed by atoms with Crippen LogP contribution in [0.3, 0.4) is 0 Å². The van der Waals surface area contributed by atoms with Crippen LogP contribution in [0.25, 0.3) is 11.0 Å². The number of hydrogen-bond donors (Lipinski definition) is 3. The maximum Gasteiger partial charge on any atom is 0.235 e. The van der Waals surface area contributed by atoms with Gasteiger partial charge < -0.3 is 10.3 Å². The van der Waals surface area contributed by atoms with Crippen LogP contribution in [0.4, 0.5) is 5.95 Å². The molecule has 0 unspecified atom stereocenters. The highest BCUT2D eigenvalue weighted by atomic mass is 32.2. The topological polar surface area (TPSA) is 86.9 Å². The third-order valence-electron chi connectivity index (χ3n) is 2.78. The molecule has 0 bridgehead atoms. The zero-order valence-electron chi connectivity index (χ0n) is 11.7. The summed E-state index contributed by atoms with van der Waals surface area (Å²) < 4.78 is 26.3. The highest BCUT2D eigenvalue weighted by Crippen LogP contribution is 2.14. The summed E-state index contributed by atoms with van der Waals surface area (Å²) in [6, 6.07) is 7.78. The van der Waals surface area contributed by atoms with Crippen LogP contribution in [0.1, 0.15) is 20.3 Å². The molecule has 20 heavy (non-hydrogen) atoms. The number of sulfonamides is 1. The SMILES string of the molecule is CC(C)NCCCS(=O)(=O)Nc1nc2ccccc2[nH]1. The number of rotatable bonds is 7. The largest absolute Gasteiger partial charge is 0.323 e. The molecule has 1 aromatic carbocycles. The molecular weight excluding hydrogens is 276 g/mol. The fourth-order valence-corrected chi connectivity index (χ4v) is 2.87. The minimum absolute atomic E-state index is 0.0732. The van der Waals surface area contributed by atoms with Crippen LogP contribution >= 0.6 is 0 Å². The molecule has 0 atom stereocenters. The molecule has 7 heteroatoms. The van der Waals surface area contributed by atoms with E-state index in [2.05, 4.69) is 20.0 Å². The van der Waals surface area contributed by atoms with E-state index in [1.54, 1.807) is 0 Å². The number of para-hydroxylation sites is 2. The molecule has 0 spiro atoms. The van der Waals surface area contributed by atoms with E-state index in [9.17, 15) is 8.42 Å². The third kappa shape index (κ3) is 4.21. The van der Waals surface area contributed by atoms with Gasteiger partial charge in [-0.3, -0.25) is 4.72 Å². The first-order valence-corrected chi connectivity index (χ1v) is 8.30. The number of aromatic nitrogens is 2. The van der Waals surface area contributed by atoms with Gasteiger partial charge >= 0.3 is 0 Å². The summed E-state index contributed by atoms with van der Waals surface area (Å²) in [4.78, 5) is 7.14. The molecule has 6 nitrogen and oxygen atoms in total. The highest BCUT2D eigenvalue weighted by molar-refractivity contribution is 7.92. The normalized spacial score (nSPS) is 12.2. The fourth-order valence-electron chi connectivity index (χ4n) is 1.85. The fraction of sp³-hybridized carbons (Fsp3) is 0.462. The van der Waals surface area contributed by atoms with Crippen molar-refractivity contribution in [3.05, 3.63) is 24.3 Å². The van der Waals surface area contributed by atoms with Gasteiger partial charge in [-0.1, -0.05) is 26.0 Å². The van der Waals surface area contributed by atoms with Crippen LogP contribution in [0.5, 0.6) is 0 Å². The molecule has 110 valence electrons. The molecule has 0 aliphatic carbocycles. The first-order valence-electron chi connectivity index (χ1n) is 6.65. The number of imidazole rings is 1. The second kappa shape index (κ2) is 6.23. The molecule has 0 aliphatic rings. The summed E-state index contributed by atoms with van der Waals surface area (Å²) in [5.41, 5.74) is 1.55. The Bertz CT molecular complexity index is 631. The molecule has 0 saturated carbocycles. The quantitative estimate of drug-likeness (QED) is 0.679. The minimum atomic E-state index is -3.36. The number of fused-ring (bicyclic) bond motifs is 1. The van der Waals surface area contributed by atoms with E-state index < -0.39 is 10.0 Å². The van der Waals surface area contributed by atoms with Crippen molar-refractivity contribution in [1.29, 1.82) is 0 Å². The molecule has 0 fully saturated rings. The van der Waals surface area contributed by atoms with Crippen LogP contribution < -0.4 is 10.0 Å². The maximum absolute atomic E-state index is 11.9. The Labute approximate surface area is 119 Å². The lowest BCUT2D eigenvalue weighted by Gasteiger charge is -2.08. The lowest BCUT2D eigenvalue weighted by Crippen LogP contribution is -2.26. The van der Waals surface area contributed by atoms with Gasteiger partial charge in [0.25, 0.3) is 0 Å². The van der Waals surface area contributed by atoms with Crippen LogP contribution in [-0.2, 0) is 10.0 Å². The van der Waals surface area contributed by atoms with Crippen molar-refractivity contribution in [2.45, 2.75) is 26.3 Å². The molecule has 2 rings (SSSR count). The molecule has 1 heterocycles. The summed E-state index contributed by atoms with van der Waals surface area (Å²) in [7, 11) is -3.36. The summed E-state index contributed by atoms with van der Waals surface area (Å²) in [6.07, 6.45) is 0.563. The summed E-state index contributed by atoms with van der Waals surface area (Å²) in [5.74, 6) is 0.340. The van der Waals surface area contributed by atoms with Gasteiger partial charge in [-0.05, 0) is 25.1 Å². The first kappa shape index (κ1) is 14.8. The van der Waals surface area contributed by atoms with E-state index in [1.807, 2.05) is 38.1 Å². The monoisotopic (exact) mass is 296 g/mol. The van der Waals surface area contributed by atoms with Gasteiger partial charge in [-0.2, -0.15) is 0 Å². The Morgan fingerprint density at radius 1 is 1.30 bits per heavy atom. The zero-order chi connectivity index (χ0) is 14.6. The Morgan fingerprint density at radius 3 is 2.75 bits per heavy atom. The standard InChI is InChI=1S/C13H20N4O2S/c1-10(2)14-8-5-9-20(18,19)17-13-15-11-6-3-4-7-12(11)16-13/h3-4,6-7,10,14H,5,8-9H2,1-2H3,(H2,15,16,17). The van der Waals surface area contributed by atoms with Crippen molar-refractivity contribution in [2.24, 2.45) is 0 Å². The second-order valence-corrected chi connectivity index (χ2v) is 6.83. The number of H-pyrrole nitrogens is 1. The lowest BCUT2D eigenvalue weighted by molar-refractivity contribution is 0.571. The van der Waals surface area contributed by atoms with Crippen molar-refractivity contribution >= 4 is 27.0 Å². The molecule has 1 aromatic heterocycles. The van der Waals surface area contributed by atoms with E-state index in [0.29, 0.717) is 19.0 Å². The number of nitrogens with zero attached hydrogens (tertiary/aromatic N) is 1. The minimum Gasteiger partial charge on any atom is -0.323 e. The molecule has 0 saturated heterocycles. The Balaban J connectivity index is 1.94. The number of aromatic amines is 1. The maximum atomic E-state index is 11.9. The van der Waals surface area contributed by atoms with Crippen LogP contribution in [0, 0.1) is 0 Å². The second-order valence-electron chi connectivity index (χ2n) is 4.99. The van der Waals surface area contributed by atoms with Gasteiger partial charge in [0.1, 0.15) is 0 Å². The first-order chi connectivity index (χ1) is 9.46. The van der Waals surface area contributed by atoms with Crippen molar-refractivity contribution in [1.82, 2.24) is 15.3 Å². The zero-order valence-corrected chi connectivity index (χ0v) is 12.5. The predicted molar refractivity (Wildman–Crippen MR) is 81.3 cm³/mol. The van der Waals surface area contributed by atoms with Crippen molar-refractivity contribution < 1.29 is 8.42 Å². The van der Waals surface area contributed by atoms with Crippen molar-refractivity contribution in [3.8, 4) is 0 Å². The Kier molecular flexibility index (Phi) is 4.61. The van der Waals surface area contributed by atoms with Crippen LogP contribution in [0.15, 0.2) is 24.3 Å². The van der Waals surface area contributed by atoms with Gasteiger partial charge in [-0.15, -0.1) is 0 Å². The average Bonchev–Trinajstić information content (AvgIpc) is 2.75. The number of hydrogen-bond acceptors (Lipinski definition) is 4. The van der Waals surface area contributed by atoms with Crippen molar-refractivity contribution in [3.63, 3.8) is 0 Å². The average molecular weight is 296 g/mol. The van der Waals surface area contributed by atoms with Gasteiger partial charge in [0.2, 0.25) is 16.0 Å². The van der Waals surface area contributed by atoms with Gasteiger partial charge in [-0.25, -0.2) is 13.4 Å². The summed E-state index contributed by atoms with van der Waals surface area (Å²) in [5, 5.41) is 3.19. The Hall–Kier alpha value is -1.60. The molecule has 0 amide bonds. The van der Waals surface area contributed by atoms with E-state index in [1.165, 1.54) is 0 Å². The van der Waals surface area contributed by atoms with Gasteiger partial charge in [0.05, 0.1) is 16.8 Å². The molecule has 0 radical (unpaired) electrons. The molecule has 0 aliphatic heterocycles. The highest BCUT2D eigenvalue weighted by Gasteiger charge is 2.12. The lowest BCUT2D eigenvalue weighted by atomic mass is 10.3. The predicted octanol–water partition coefficient (Wildman–Crippen LogP) is 1.69. The summed E-state index contributed by atoms with van der Waals surface area (Å²) >= 11 is 0. The van der Waals surface area contributed by atoms with Crippen LogP contribution in [0.2, 0.25) is 0 Å². The van der Waals surface area contributed by atoms with Gasteiger partial charge in [0.15, 0.2) is 0 Å². The van der Waals surface area contributed by atoms with Crippen molar-refractivity contribution in [2.75, 3.05) is 17.0 Å². The molecule has 2 aromatic rings. The smallest absolute Gasteiger partial charge is 0.235 e. The van der Waals surface area contributed by atoms with Gasteiger partial charge in [0, 0.05) is 6.04 Å². The van der Waals surface area contributed by atoms with E-state index in [0.717, 1.165) is 11.0 Å². The van der Waals surface area contributed by atoms with E-state index in [-0.39, 0.29) is 11.7 Å². The van der Waals surface area contributed by atoms with E-state index >= 15 is 0 Å². The summed E-state index contributed by atoms with van der Waals surface area (Å²) in [6.45, 7) is 4.74. The number of anilines is 1. The Morgan fingerprint density at radius 2 is 2.05 bits per heavy atom. The third-order valence-corrected chi connectivity index (χ3v) is 4.11.